The van der Waals surface area contributed by atoms with Gasteiger partial charge in [0.2, 0.25) is 0 Å². The maximum absolute atomic E-state index is 12.2. The molecule has 0 aliphatic rings. The average molecular weight is 432 g/mol. The average Bonchev–Trinajstić information content (AvgIpc) is 3.14. The van der Waals surface area contributed by atoms with Crippen LogP contribution in [0.25, 0.3) is 0 Å². The van der Waals surface area contributed by atoms with E-state index in [-0.39, 0.29) is 18.4 Å². The minimum Gasteiger partial charge on any atom is -0.483 e. The van der Waals surface area contributed by atoms with Crippen molar-refractivity contribution in [2.75, 3.05) is 17.2 Å². The van der Waals surface area contributed by atoms with Gasteiger partial charge in [-0.3, -0.25) is 14.9 Å². The number of benzene rings is 2. The Morgan fingerprint density at radius 3 is 2.73 bits per heavy atom. The molecular weight excluding hydrogens is 418 g/mol. The predicted octanol–water partition coefficient (Wildman–Crippen LogP) is 4.18. The van der Waals surface area contributed by atoms with Crippen LogP contribution in [0.15, 0.2) is 64.6 Å². The summed E-state index contributed by atoms with van der Waals surface area (Å²) in [7, 11) is 0. The molecule has 3 aromatic rings. The van der Waals surface area contributed by atoms with Crippen molar-refractivity contribution in [1.29, 1.82) is 0 Å². The monoisotopic (exact) mass is 431 g/mol. The van der Waals surface area contributed by atoms with Crippen molar-refractivity contribution in [3.63, 3.8) is 0 Å². The van der Waals surface area contributed by atoms with Gasteiger partial charge in [0.15, 0.2) is 11.7 Å². The quantitative estimate of drug-likeness (QED) is 0.613. The molecule has 0 bridgehead atoms. The molecule has 0 aliphatic carbocycles. The SMILES string of the molecule is O=C(COc1ccccc1Br)Nc1cccc(C(=O)Nc2nccs2)c1. The molecular formula is C18H14BrN3O3S. The number of aromatic nitrogens is 1. The van der Waals surface area contributed by atoms with Crippen molar-refractivity contribution in [1.82, 2.24) is 4.98 Å². The molecule has 0 fully saturated rings. The molecule has 2 N–H and O–H groups in total. The van der Waals surface area contributed by atoms with Crippen molar-refractivity contribution in [3.8, 4) is 5.75 Å². The molecule has 0 saturated heterocycles. The van der Waals surface area contributed by atoms with E-state index in [0.717, 1.165) is 4.47 Å². The van der Waals surface area contributed by atoms with Crippen LogP contribution in [0.5, 0.6) is 5.75 Å². The van der Waals surface area contributed by atoms with E-state index in [4.69, 9.17) is 4.74 Å². The van der Waals surface area contributed by atoms with E-state index in [9.17, 15) is 9.59 Å². The fraction of sp³-hybridized carbons (Fsp3) is 0.0556. The highest BCUT2D eigenvalue weighted by atomic mass is 79.9. The molecule has 132 valence electrons. The minimum absolute atomic E-state index is 0.141. The number of amides is 2. The predicted molar refractivity (Wildman–Crippen MR) is 105 cm³/mol. The Labute approximate surface area is 162 Å². The van der Waals surface area contributed by atoms with Gasteiger partial charge in [-0.05, 0) is 46.3 Å². The standard InChI is InChI=1S/C18H14BrN3O3S/c19-14-6-1-2-7-15(14)25-11-16(23)21-13-5-3-4-12(10-13)17(24)22-18-20-8-9-26-18/h1-10H,11H2,(H,21,23)(H,20,22,24). The van der Waals surface area contributed by atoms with Gasteiger partial charge < -0.3 is 10.1 Å². The zero-order valence-corrected chi connectivity index (χ0v) is 15.8. The summed E-state index contributed by atoms with van der Waals surface area (Å²) in [5, 5.41) is 7.71. The van der Waals surface area contributed by atoms with E-state index in [1.165, 1.54) is 11.3 Å². The Kier molecular flexibility index (Phi) is 5.98. The number of thiazole rings is 1. The topological polar surface area (TPSA) is 80.3 Å². The number of carbonyl (C=O) groups excluding carboxylic acids is 2. The van der Waals surface area contributed by atoms with Crippen molar-refractivity contribution in [2.45, 2.75) is 0 Å². The Morgan fingerprint density at radius 1 is 1.12 bits per heavy atom. The summed E-state index contributed by atoms with van der Waals surface area (Å²) in [5.41, 5.74) is 0.933. The summed E-state index contributed by atoms with van der Waals surface area (Å²) in [5.74, 6) is -0.0297. The fourth-order valence-corrected chi connectivity index (χ4v) is 3.02. The number of carbonyl (C=O) groups is 2. The van der Waals surface area contributed by atoms with Gasteiger partial charge in [0, 0.05) is 22.8 Å². The van der Waals surface area contributed by atoms with Crippen LogP contribution < -0.4 is 15.4 Å². The first-order chi connectivity index (χ1) is 12.6. The minimum atomic E-state index is -0.321. The maximum atomic E-state index is 12.2. The molecule has 6 nitrogen and oxygen atoms in total. The lowest BCUT2D eigenvalue weighted by Gasteiger charge is -2.09. The van der Waals surface area contributed by atoms with Crippen LogP contribution >= 0.6 is 27.3 Å². The number of anilines is 2. The lowest BCUT2D eigenvalue weighted by Crippen LogP contribution is -2.20. The van der Waals surface area contributed by atoms with Gasteiger partial charge in [0.05, 0.1) is 4.47 Å². The first-order valence-corrected chi connectivity index (χ1v) is 9.27. The zero-order valence-electron chi connectivity index (χ0n) is 13.4. The van der Waals surface area contributed by atoms with Crippen molar-refractivity contribution in [3.05, 3.63) is 70.1 Å². The molecule has 3 rings (SSSR count). The molecule has 0 aliphatic heterocycles. The van der Waals surface area contributed by atoms with Crippen LogP contribution in [0, 0.1) is 0 Å². The van der Waals surface area contributed by atoms with Gasteiger partial charge in [-0.1, -0.05) is 18.2 Å². The second-order valence-corrected chi connectivity index (χ2v) is 6.89. The van der Waals surface area contributed by atoms with E-state index in [1.54, 1.807) is 41.9 Å². The number of rotatable bonds is 6. The number of halogens is 1. The lowest BCUT2D eigenvalue weighted by molar-refractivity contribution is -0.118. The normalized spacial score (nSPS) is 10.2. The highest BCUT2D eigenvalue weighted by molar-refractivity contribution is 9.10. The van der Waals surface area contributed by atoms with Crippen LogP contribution in [0.3, 0.4) is 0 Å². The first kappa shape index (κ1) is 18.1. The van der Waals surface area contributed by atoms with E-state index >= 15 is 0 Å². The van der Waals surface area contributed by atoms with Crippen molar-refractivity contribution < 1.29 is 14.3 Å². The number of hydrogen-bond donors (Lipinski definition) is 2. The smallest absolute Gasteiger partial charge is 0.262 e. The maximum Gasteiger partial charge on any atom is 0.262 e. The van der Waals surface area contributed by atoms with Crippen LogP contribution in [-0.4, -0.2) is 23.4 Å². The van der Waals surface area contributed by atoms with Gasteiger partial charge in [-0.25, -0.2) is 4.98 Å². The Hall–Kier alpha value is -2.71. The summed E-state index contributed by atoms with van der Waals surface area (Å²) in [6, 6.07) is 13.9. The number of nitrogens with one attached hydrogen (secondary N) is 2. The Morgan fingerprint density at radius 2 is 1.96 bits per heavy atom. The zero-order chi connectivity index (χ0) is 18.4. The third kappa shape index (κ3) is 4.90. The van der Waals surface area contributed by atoms with Gasteiger partial charge in [-0.15, -0.1) is 11.3 Å². The number of nitrogens with zero attached hydrogens (tertiary/aromatic N) is 1. The third-order valence-corrected chi connectivity index (χ3v) is 4.60. The third-order valence-electron chi connectivity index (χ3n) is 3.26. The molecule has 2 amide bonds. The number of ether oxygens (including phenoxy) is 1. The van der Waals surface area contributed by atoms with Gasteiger partial charge in [0.1, 0.15) is 5.75 Å². The molecule has 0 unspecified atom stereocenters. The van der Waals surface area contributed by atoms with Crippen LogP contribution in [0.4, 0.5) is 10.8 Å². The number of hydrogen-bond acceptors (Lipinski definition) is 5. The van der Waals surface area contributed by atoms with E-state index in [2.05, 4.69) is 31.5 Å². The molecule has 0 spiro atoms. The summed E-state index contributed by atoms with van der Waals surface area (Å²) in [4.78, 5) is 28.3. The molecule has 0 radical (unpaired) electrons. The second kappa shape index (κ2) is 8.59. The molecule has 26 heavy (non-hydrogen) atoms. The molecule has 2 aromatic carbocycles. The van der Waals surface area contributed by atoms with Crippen LogP contribution in [0.1, 0.15) is 10.4 Å². The summed E-state index contributed by atoms with van der Waals surface area (Å²) in [6.07, 6.45) is 1.61. The van der Waals surface area contributed by atoms with Gasteiger partial charge in [0.25, 0.3) is 11.8 Å². The van der Waals surface area contributed by atoms with E-state index in [1.807, 2.05) is 18.2 Å². The fourth-order valence-electron chi connectivity index (χ4n) is 2.09. The van der Waals surface area contributed by atoms with Crippen molar-refractivity contribution >= 4 is 49.9 Å². The van der Waals surface area contributed by atoms with E-state index in [0.29, 0.717) is 22.1 Å². The lowest BCUT2D eigenvalue weighted by atomic mass is 10.2. The first-order valence-electron chi connectivity index (χ1n) is 7.60. The summed E-state index contributed by atoms with van der Waals surface area (Å²) in [6.45, 7) is -0.141. The summed E-state index contributed by atoms with van der Waals surface area (Å²) >= 11 is 4.69. The Bertz CT molecular complexity index is 916. The Balaban J connectivity index is 1.58. The largest absolute Gasteiger partial charge is 0.483 e. The summed E-state index contributed by atoms with van der Waals surface area (Å²) < 4.78 is 6.25. The van der Waals surface area contributed by atoms with Crippen LogP contribution in [-0.2, 0) is 4.79 Å². The molecule has 1 aromatic heterocycles. The molecule has 1 heterocycles. The van der Waals surface area contributed by atoms with Gasteiger partial charge in [-0.2, -0.15) is 0 Å². The van der Waals surface area contributed by atoms with Gasteiger partial charge >= 0.3 is 0 Å². The molecule has 8 heteroatoms. The van der Waals surface area contributed by atoms with E-state index < -0.39 is 0 Å². The highest BCUT2D eigenvalue weighted by Crippen LogP contribution is 2.23. The van der Waals surface area contributed by atoms with Crippen LogP contribution in [0.2, 0.25) is 0 Å². The number of para-hydroxylation sites is 1. The highest BCUT2D eigenvalue weighted by Gasteiger charge is 2.10. The molecule has 0 saturated carbocycles. The molecule has 0 atom stereocenters. The van der Waals surface area contributed by atoms with Crippen molar-refractivity contribution in [2.24, 2.45) is 0 Å². The second-order valence-electron chi connectivity index (χ2n) is 5.14.